The standard InChI is InChI=1S/C3H9NO.C2H4O2.Cu/c1-3(5)2-4;1-2(3)4;/h3,5H,2,4H2,1H3;1H3,(H,3,4);/q;;+1/p-1. The van der Waals surface area contributed by atoms with Crippen molar-refractivity contribution in [1.82, 2.24) is 0 Å². The predicted octanol–water partition coefficient (Wildman–Crippen LogP) is -1.92. The van der Waals surface area contributed by atoms with E-state index in [1.807, 2.05) is 0 Å². The summed E-state index contributed by atoms with van der Waals surface area (Å²) in [5, 5.41) is 17.1. The normalized spacial score (nSPS) is 10.0. The molecule has 66 valence electrons. The van der Waals surface area contributed by atoms with E-state index in [1.54, 1.807) is 6.92 Å². The first-order chi connectivity index (χ1) is 4.00. The van der Waals surface area contributed by atoms with E-state index >= 15 is 0 Å². The summed E-state index contributed by atoms with van der Waals surface area (Å²) < 4.78 is 0. The van der Waals surface area contributed by atoms with E-state index in [2.05, 4.69) is 0 Å². The molecule has 0 aromatic carbocycles. The minimum absolute atomic E-state index is 0. The molecule has 0 aromatic heterocycles. The maximum absolute atomic E-state index is 8.89. The molecule has 0 amide bonds. The van der Waals surface area contributed by atoms with Crippen molar-refractivity contribution in [1.29, 1.82) is 0 Å². The minimum atomic E-state index is -1.08. The average Bonchev–Trinajstić information content (AvgIpc) is 1.65. The van der Waals surface area contributed by atoms with Gasteiger partial charge in [-0.1, -0.05) is 0 Å². The second-order valence-corrected chi connectivity index (χ2v) is 1.58. The Morgan fingerprint density at radius 3 is 1.90 bits per heavy atom. The van der Waals surface area contributed by atoms with Crippen LogP contribution in [0.15, 0.2) is 0 Å². The van der Waals surface area contributed by atoms with Gasteiger partial charge in [-0.3, -0.25) is 0 Å². The number of carbonyl (C=O) groups excluding carboxylic acids is 1. The van der Waals surface area contributed by atoms with E-state index in [1.165, 1.54) is 0 Å². The van der Waals surface area contributed by atoms with Crippen LogP contribution in [-0.4, -0.2) is 23.7 Å². The number of nitrogens with two attached hydrogens (primary N) is 1. The van der Waals surface area contributed by atoms with E-state index < -0.39 is 5.97 Å². The Balaban J connectivity index is -0.0000000910. The largest absolute Gasteiger partial charge is 1.00 e. The van der Waals surface area contributed by atoms with Crippen molar-refractivity contribution in [2.75, 3.05) is 6.54 Å². The van der Waals surface area contributed by atoms with Crippen LogP contribution in [0.1, 0.15) is 13.8 Å². The Hall–Kier alpha value is -0.0905. The molecule has 3 N–H and O–H groups in total. The van der Waals surface area contributed by atoms with Crippen LogP contribution in [-0.2, 0) is 21.9 Å². The summed E-state index contributed by atoms with van der Waals surface area (Å²) in [6.07, 6.45) is -0.338. The summed E-state index contributed by atoms with van der Waals surface area (Å²) in [7, 11) is 0. The SMILES string of the molecule is CC(=O)[O-].CC(O)CN.[Cu+]. The number of aliphatic carboxylic acids is 1. The number of hydrogen-bond acceptors (Lipinski definition) is 4. The Labute approximate surface area is 70.9 Å². The molecule has 0 aromatic rings. The summed E-state index contributed by atoms with van der Waals surface area (Å²) in [5.41, 5.74) is 4.92. The van der Waals surface area contributed by atoms with Crippen molar-refractivity contribution in [3.05, 3.63) is 0 Å². The quantitative estimate of drug-likeness (QED) is 0.480. The predicted molar refractivity (Wildman–Crippen MR) is 31.4 cm³/mol. The molecular formula is C5H12CuNO3. The first-order valence-corrected chi connectivity index (χ1v) is 2.56. The molecule has 0 fully saturated rings. The molecule has 1 unspecified atom stereocenters. The van der Waals surface area contributed by atoms with Crippen molar-refractivity contribution in [3.63, 3.8) is 0 Å². The van der Waals surface area contributed by atoms with Gasteiger partial charge in [0, 0.05) is 12.5 Å². The fourth-order valence-corrected chi connectivity index (χ4v) is 0. The Morgan fingerprint density at radius 1 is 1.80 bits per heavy atom. The van der Waals surface area contributed by atoms with E-state index in [9.17, 15) is 0 Å². The molecule has 0 saturated carbocycles. The van der Waals surface area contributed by atoms with Crippen molar-refractivity contribution >= 4 is 5.97 Å². The van der Waals surface area contributed by atoms with Crippen LogP contribution >= 0.6 is 0 Å². The summed E-state index contributed by atoms with van der Waals surface area (Å²) in [6.45, 7) is 2.99. The van der Waals surface area contributed by atoms with Crippen molar-refractivity contribution in [3.8, 4) is 0 Å². The second-order valence-electron chi connectivity index (χ2n) is 1.58. The number of aliphatic hydroxyl groups excluding tert-OH is 1. The van der Waals surface area contributed by atoms with Gasteiger partial charge in [-0.25, -0.2) is 0 Å². The Bertz CT molecular complexity index is 73.3. The third kappa shape index (κ3) is 104. The van der Waals surface area contributed by atoms with Crippen molar-refractivity contribution in [2.45, 2.75) is 20.0 Å². The van der Waals surface area contributed by atoms with Crippen molar-refractivity contribution < 1.29 is 32.1 Å². The Kier molecular flexibility index (Phi) is 19.2. The molecular weight excluding hydrogens is 186 g/mol. The molecule has 0 aliphatic heterocycles. The van der Waals surface area contributed by atoms with Gasteiger partial charge in [0.05, 0.1) is 6.10 Å². The van der Waals surface area contributed by atoms with Gasteiger partial charge in [0.15, 0.2) is 0 Å². The van der Waals surface area contributed by atoms with Gasteiger partial charge in [-0.15, -0.1) is 0 Å². The van der Waals surface area contributed by atoms with Crippen LogP contribution in [0.25, 0.3) is 0 Å². The van der Waals surface area contributed by atoms with Crippen LogP contribution in [0.3, 0.4) is 0 Å². The molecule has 1 atom stereocenters. The topological polar surface area (TPSA) is 86.4 Å². The van der Waals surface area contributed by atoms with Gasteiger partial charge in [-0.2, -0.15) is 0 Å². The fraction of sp³-hybridized carbons (Fsp3) is 0.800. The third-order valence-electron chi connectivity index (χ3n) is 0.341. The van der Waals surface area contributed by atoms with Gasteiger partial charge in [-0.05, 0) is 13.8 Å². The molecule has 0 rings (SSSR count). The summed E-state index contributed by atoms with van der Waals surface area (Å²) in [6, 6.07) is 0. The molecule has 4 nitrogen and oxygen atoms in total. The van der Waals surface area contributed by atoms with Gasteiger partial charge in [0.2, 0.25) is 0 Å². The number of carbonyl (C=O) groups is 1. The first-order valence-electron chi connectivity index (χ1n) is 2.56. The fourth-order valence-electron chi connectivity index (χ4n) is 0. The molecule has 0 radical (unpaired) electrons. The second kappa shape index (κ2) is 11.7. The number of hydrogen-bond donors (Lipinski definition) is 2. The summed E-state index contributed by atoms with van der Waals surface area (Å²) >= 11 is 0. The Morgan fingerprint density at radius 2 is 1.90 bits per heavy atom. The zero-order valence-corrected chi connectivity index (χ0v) is 6.87. The van der Waals surface area contributed by atoms with E-state index in [-0.39, 0.29) is 23.2 Å². The van der Waals surface area contributed by atoms with Crippen LogP contribution < -0.4 is 10.8 Å². The minimum Gasteiger partial charge on any atom is -0.550 e. The number of aliphatic hydroxyl groups is 1. The van der Waals surface area contributed by atoms with Crippen molar-refractivity contribution in [2.24, 2.45) is 5.73 Å². The number of carboxylic acid groups (broad SMARTS) is 1. The average molecular weight is 198 g/mol. The van der Waals surface area contributed by atoms with Gasteiger partial charge >= 0.3 is 17.1 Å². The number of carboxylic acids is 1. The van der Waals surface area contributed by atoms with Gasteiger partial charge in [0.1, 0.15) is 0 Å². The first kappa shape index (κ1) is 16.5. The van der Waals surface area contributed by atoms with Crippen LogP contribution in [0.4, 0.5) is 0 Å². The molecule has 0 aliphatic rings. The maximum Gasteiger partial charge on any atom is 1.00 e. The smallest absolute Gasteiger partial charge is 0.550 e. The zero-order chi connectivity index (χ0) is 7.86. The molecule has 0 aliphatic carbocycles. The molecule has 10 heavy (non-hydrogen) atoms. The molecule has 0 saturated heterocycles. The maximum atomic E-state index is 8.89. The summed E-state index contributed by atoms with van der Waals surface area (Å²) in [4.78, 5) is 8.89. The third-order valence-corrected chi connectivity index (χ3v) is 0.341. The van der Waals surface area contributed by atoms with E-state index in [4.69, 9.17) is 20.7 Å². The van der Waals surface area contributed by atoms with Gasteiger partial charge in [0.25, 0.3) is 0 Å². The molecule has 0 spiro atoms. The molecule has 0 heterocycles. The summed E-state index contributed by atoms with van der Waals surface area (Å²) in [5.74, 6) is -1.08. The van der Waals surface area contributed by atoms with Crippen LogP contribution in [0, 0.1) is 0 Å². The zero-order valence-electron chi connectivity index (χ0n) is 5.93. The van der Waals surface area contributed by atoms with E-state index in [0.29, 0.717) is 6.54 Å². The van der Waals surface area contributed by atoms with Crippen LogP contribution in [0.5, 0.6) is 0 Å². The molecule has 0 bridgehead atoms. The number of rotatable bonds is 1. The monoisotopic (exact) mass is 197 g/mol. The molecule has 5 heteroatoms. The van der Waals surface area contributed by atoms with Gasteiger partial charge < -0.3 is 20.7 Å². The van der Waals surface area contributed by atoms with E-state index in [0.717, 1.165) is 6.92 Å². The van der Waals surface area contributed by atoms with Crippen LogP contribution in [0.2, 0.25) is 0 Å².